The van der Waals surface area contributed by atoms with Gasteiger partial charge in [0.25, 0.3) is 5.89 Å². The predicted octanol–water partition coefficient (Wildman–Crippen LogP) is 3.30. The van der Waals surface area contributed by atoms with Crippen LogP contribution in [0.1, 0.15) is 19.2 Å². The summed E-state index contributed by atoms with van der Waals surface area (Å²) in [5, 5.41) is 6.77. The first kappa shape index (κ1) is 19.6. The number of carbonyl (C=O) groups excluding carboxylic acids is 2. The zero-order valence-electron chi connectivity index (χ0n) is 16.8. The highest BCUT2D eigenvalue weighted by atomic mass is 16.5. The summed E-state index contributed by atoms with van der Waals surface area (Å²) < 4.78 is 10.4. The number of carbonyl (C=O) groups is 2. The largest absolute Gasteiger partial charge is 0.497 e. The first-order valence-corrected chi connectivity index (χ1v) is 9.75. The van der Waals surface area contributed by atoms with E-state index >= 15 is 0 Å². The maximum atomic E-state index is 12.7. The van der Waals surface area contributed by atoms with Gasteiger partial charge in [0.05, 0.1) is 13.0 Å². The molecule has 0 saturated carbocycles. The number of benzene rings is 2. The van der Waals surface area contributed by atoms with Gasteiger partial charge in [-0.2, -0.15) is 4.98 Å². The second-order valence-corrected chi connectivity index (χ2v) is 7.04. The molecule has 8 heteroatoms. The van der Waals surface area contributed by atoms with Gasteiger partial charge in [0.1, 0.15) is 5.75 Å². The summed E-state index contributed by atoms with van der Waals surface area (Å²) in [7, 11) is 1.59. The number of methoxy groups -OCH3 is 1. The Morgan fingerprint density at radius 1 is 1.20 bits per heavy atom. The molecule has 2 amide bonds. The van der Waals surface area contributed by atoms with E-state index in [1.54, 1.807) is 36.3 Å². The summed E-state index contributed by atoms with van der Waals surface area (Å²) in [6.45, 7) is 2.30. The normalized spacial score (nSPS) is 16.0. The molecule has 0 spiro atoms. The third kappa shape index (κ3) is 4.03. The lowest BCUT2D eigenvalue weighted by Crippen LogP contribution is -2.28. The predicted molar refractivity (Wildman–Crippen MR) is 111 cm³/mol. The van der Waals surface area contributed by atoms with Crippen molar-refractivity contribution >= 4 is 23.2 Å². The van der Waals surface area contributed by atoms with E-state index < -0.39 is 5.92 Å². The van der Waals surface area contributed by atoms with Crippen molar-refractivity contribution in [2.24, 2.45) is 5.92 Å². The number of anilines is 2. The van der Waals surface area contributed by atoms with Crippen LogP contribution in [0.25, 0.3) is 11.5 Å². The Hall–Kier alpha value is -3.68. The molecule has 1 unspecified atom stereocenters. The van der Waals surface area contributed by atoms with Gasteiger partial charge in [0.2, 0.25) is 11.8 Å². The van der Waals surface area contributed by atoms with Crippen molar-refractivity contribution in [3.05, 3.63) is 54.4 Å². The number of nitrogens with zero attached hydrogens (tertiary/aromatic N) is 3. The van der Waals surface area contributed by atoms with E-state index in [0.29, 0.717) is 30.4 Å². The van der Waals surface area contributed by atoms with Crippen molar-refractivity contribution in [2.45, 2.75) is 19.8 Å². The summed E-state index contributed by atoms with van der Waals surface area (Å²) in [5.74, 6) is 1.14. The number of rotatable bonds is 6. The molecule has 8 nitrogen and oxygen atoms in total. The van der Waals surface area contributed by atoms with E-state index in [-0.39, 0.29) is 18.2 Å². The SMILES string of the molecule is CCc1noc(-c2ccc(NC(=O)C3CC(=O)N(c4ccc(OC)cc4)C3)cc2)n1. The zero-order chi connectivity index (χ0) is 21.1. The van der Waals surface area contributed by atoms with Crippen molar-refractivity contribution in [1.82, 2.24) is 10.1 Å². The van der Waals surface area contributed by atoms with Crippen LogP contribution < -0.4 is 15.0 Å². The average Bonchev–Trinajstić information content (AvgIpc) is 3.41. The molecule has 0 aliphatic carbocycles. The van der Waals surface area contributed by atoms with Gasteiger partial charge in [0.15, 0.2) is 5.82 Å². The van der Waals surface area contributed by atoms with Crippen LogP contribution in [0.15, 0.2) is 53.1 Å². The maximum absolute atomic E-state index is 12.7. The van der Waals surface area contributed by atoms with Gasteiger partial charge >= 0.3 is 0 Å². The molecule has 0 radical (unpaired) electrons. The number of aryl methyl sites for hydroxylation is 1. The first-order chi connectivity index (χ1) is 14.6. The zero-order valence-corrected chi connectivity index (χ0v) is 16.8. The lowest BCUT2D eigenvalue weighted by molar-refractivity contribution is -0.122. The molecule has 1 aliphatic heterocycles. The topological polar surface area (TPSA) is 97.6 Å². The van der Waals surface area contributed by atoms with E-state index in [4.69, 9.17) is 9.26 Å². The van der Waals surface area contributed by atoms with Crippen LogP contribution in [0, 0.1) is 5.92 Å². The highest BCUT2D eigenvalue weighted by molar-refractivity contribution is 6.03. The Morgan fingerprint density at radius 2 is 1.93 bits per heavy atom. The Balaban J connectivity index is 1.39. The van der Waals surface area contributed by atoms with E-state index in [9.17, 15) is 9.59 Å². The molecular weight excluding hydrogens is 384 g/mol. The van der Waals surface area contributed by atoms with Crippen molar-refractivity contribution in [3.8, 4) is 17.2 Å². The number of hydrogen-bond acceptors (Lipinski definition) is 6. The Kier molecular flexibility index (Phi) is 5.47. The fourth-order valence-electron chi connectivity index (χ4n) is 3.35. The van der Waals surface area contributed by atoms with Crippen molar-refractivity contribution in [1.29, 1.82) is 0 Å². The van der Waals surface area contributed by atoms with Crippen LogP contribution in [0.4, 0.5) is 11.4 Å². The van der Waals surface area contributed by atoms with Crippen LogP contribution in [-0.4, -0.2) is 35.6 Å². The van der Waals surface area contributed by atoms with E-state index in [1.165, 1.54) is 0 Å². The van der Waals surface area contributed by atoms with Crippen molar-refractivity contribution in [2.75, 3.05) is 23.9 Å². The Morgan fingerprint density at radius 3 is 2.57 bits per heavy atom. The Labute approximate surface area is 173 Å². The molecule has 4 rings (SSSR count). The number of nitrogens with one attached hydrogen (secondary N) is 1. The van der Waals surface area contributed by atoms with E-state index in [2.05, 4.69) is 15.5 Å². The standard InChI is InChI=1S/C22H22N4O4/c1-3-19-24-22(30-25-19)14-4-6-16(7-5-14)23-21(28)15-12-20(27)26(13-15)17-8-10-18(29-2)11-9-17/h4-11,15H,3,12-13H2,1-2H3,(H,23,28). The molecule has 0 bridgehead atoms. The minimum absolute atomic E-state index is 0.0706. The lowest BCUT2D eigenvalue weighted by atomic mass is 10.1. The molecule has 2 heterocycles. The highest BCUT2D eigenvalue weighted by Crippen LogP contribution is 2.28. The van der Waals surface area contributed by atoms with Crippen LogP contribution in [-0.2, 0) is 16.0 Å². The quantitative estimate of drug-likeness (QED) is 0.675. The molecule has 1 aromatic heterocycles. The van der Waals surface area contributed by atoms with Crippen LogP contribution in [0.5, 0.6) is 5.75 Å². The minimum Gasteiger partial charge on any atom is -0.497 e. The number of ether oxygens (including phenoxy) is 1. The molecule has 1 atom stereocenters. The smallest absolute Gasteiger partial charge is 0.257 e. The van der Waals surface area contributed by atoms with Crippen LogP contribution in [0.2, 0.25) is 0 Å². The molecule has 2 aromatic carbocycles. The molecular formula is C22H22N4O4. The second-order valence-electron chi connectivity index (χ2n) is 7.04. The second kappa shape index (κ2) is 8.36. The first-order valence-electron chi connectivity index (χ1n) is 9.75. The van der Waals surface area contributed by atoms with Gasteiger partial charge in [-0.25, -0.2) is 0 Å². The number of aromatic nitrogens is 2. The van der Waals surface area contributed by atoms with Gasteiger partial charge in [0, 0.05) is 36.3 Å². The van der Waals surface area contributed by atoms with Gasteiger partial charge in [-0.3, -0.25) is 9.59 Å². The third-order valence-electron chi connectivity index (χ3n) is 5.06. The third-order valence-corrected chi connectivity index (χ3v) is 5.06. The number of amides is 2. The van der Waals surface area contributed by atoms with Crippen LogP contribution >= 0.6 is 0 Å². The summed E-state index contributed by atoms with van der Waals surface area (Å²) in [6.07, 6.45) is 0.878. The molecule has 3 aromatic rings. The molecule has 1 fully saturated rings. The van der Waals surface area contributed by atoms with Crippen molar-refractivity contribution < 1.29 is 18.8 Å². The molecule has 1 saturated heterocycles. The van der Waals surface area contributed by atoms with Crippen molar-refractivity contribution in [3.63, 3.8) is 0 Å². The van der Waals surface area contributed by atoms with Gasteiger partial charge in [-0.15, -0.1) is 0 Å². The van der Waals surface area contributed by atoms with Gasteiger partial charge in [-0.1, -0.05) is 12.1 Å². The summed E-state index contributed by atoms with van der Waals surface area (Å²) in [4.78, 5) is 31.0. The van der Waals surface area contributed by atoms with E-state index in [1.807, 2.05) is 31.2 Å². The average molecular weight is 406 g/mol. The fraction of sp³-hybridized carbons (Fsp3) is 0.273. The van der Waals surface area contributed by atoms with Gasteiger partial charge in [-0.05, 0) is 48.5 Å². The Bertz CT molecular complexity index is 1040. The van der Waals surface area contributed by atoms with Gasteiger partial charge < -0.3 is 19.5 Å². The lowest BCUT2D eigenvalue weighted by Gasteiger charge is -2.17. The molecule has 1 aliphatic rings. The molecule has 154 valence electrons. The van der Waals surface area contributed by atoms with E-state index in [0.717, 1.165) is 17.0 Å². The number of hydrogen-bond donors (Lipinski definition) is 1. The molecule has 1 N–H and O–H groups in total. The highest BCUT2D eigenvalue weighted by Gasteiger charge is 2.35. The maximum Gasteiger partial charge on any atom is 0.257 e. The monoisotopic (exact) mass is 406 g/mol. The summed E-state index contributed by atoms with van der Waals surface area (Å²) in [5.41, 5.74) is 2.18. The minimum atomic E-state index is -0.415. The summed E-state index contributed by atoms with van der Waals surface area (Å²) >= 11 is 0. The van der Waals surface area contributed by atoms with Crippen LogP contribution in [0.3, 0.4) is 0 Å². The summed E-state index contributed by atoms with van der Waals surface area (Å²) in [6, 6.07) is 14.4. The molecule has 30 heavy (non-hydrogen) atoms. The fourth-order valence-corrected chi connectivity index (χ4v) is 3.35.